The lowest BCUT2D eigenvalue weighted by Gasteiger charge is -2.32. The van der Waals surface area contributed by atoms with Crippen LogP contribution in [0.3, 0.4) is 0 Å². The van der Waals surface area contributed by atoms with Gasteiger partial charge in [0.25, 0.3) is 5.91 Å². The van der Waals surface area contributed by atoms with E-state index in [1.165, 1.54) is 6.26 Å². The lowest BCUT2D eigenvalue weighted by Crippen LogP contribution is -2.39. The molecule has 6 heteroatoms. The molecular formula is C21H20ClN3O2. The van der Waals surface area contributed by atoms with E-state index in [0.29, 0.717) is 23.2 Å². The fraction of sp³-hybridized carbons (Fsp3) is 0.286. The summed E-state index contributed by atoms with van der Waals surface area (Å²) in [4.78, 5) is 23.5. The van der Waals surface area contributed by atoms with Gasteiger partial charge < -0.3 is 9.32 Å². The standard InChI is InChI=1S/C21H20ClN3O2/c1-14-23-20(13-27-14)21(26)25-10-4-6-16(12-25)19-9-3-8-18(24-19)15-5-2-7-17(22)11-15/h2-3,5,7-9,11,13,16H,4,6,10,12H2,1H3. The largest absolute Gasteiger partial charge is 0.448 e. The maximum atomic E-state index is 12.7. The molecule has 2 aromatic heterocycles. The van der Waals surface area contributed by atoms with Crippen molar-refractivity contribution in [1.82, 2.24) is 14.9 Å². The van der Waals surface area contributed by atoms with Crippen LogP contribution in [0.25, 0.3) is 11.3 Å². The number of benzene rings is 1. The van der Waals surface area contributed by atoms with Gasteiger partial charge in [-0.3, -0.25) is 9.78 Å². The molecule has 1 aliphatic heterocycles. The third-order valence-corrected chi connectivity index (χ3v) is 5.09. The first-order valence-corrected chi connectivity index (χ1v) is 9.42. The topological polar surface area (TPSA) is 59.2 Å². The maximum Gasteiger partial charge on any atom is 0.275 e. The lowest BCUT2D eigenvalue weighted by atomic mass is 9.93. The molecule has 0 N–H and O–H groups in total. The van der Waals surface area contributed by atoms with Gasteiger partial charge in [-0.25, -0.2) is 4.98 Å². The van der Waals surface area contributed by atoms with E-state index in [9.17, 15) is 4.79 Å². The van der Waals surface area contributed by atoms with Crippen molar-refractivity contribution < 1.29 is 9.21 Å². The number of piperidine rings is 1. The van der Waals surface area contributed by atoms with Crippen LogP contribution < -0.4 is 0 Å². The van der Waals surface area contributed by atoms with Crippen LogP contribution in [0.15, 0.2) is 53.1 Å². The molecular weight excluding hydrogens is 362 g/mol. The average Bonchev–Trinajstić information content (AvgIpc) is 3.14. The number of pyridine rings is 1. The predicted octanol–water partition coefficient (Wildman–Crippen LogP) is 4.72. The monoisotopic (exact) mass is 381 g/mol. The molecule has 1 unspecified atom stereocenters. The lowest BCUT2D eigenvalue weighted by molar-refractivity contribution is 0.0700. The van der Waals surface area contributed by atoms with E-state index in [1.54, 1.807) is 6.92 Å². The van der Waals surface area contributed by atoms with Crippen molar-refractivity contribution in [2.24, 2.45) is 0 Å². The molecule has 0 radical (unpaired) electrons. The molecule has 3 heterocycles. The van der Waals surface area contributed by atoms with Crippen LogP contribution in [0.4, 0.5) is 0 Å². The number of amides is 1. The highest BCUT2D eigenvalue weighted by atomic mass is 35.5. The van der Waals surface area contributed by atoms with Crippen LogP contribution in [0.5, 0.6) is 0 Å². The summed E-state index contributed by atoms with van der Waals surface area (Å²) in [5.74, 6) is 0.625. The number of nitrogens with zero attached hydrogens (tertiary/aromatic N) is 3. The van der Waals surface area contributed by atoms with Gasteiger partial charge in [-0.05, 0) is 37.1 Å². The Morgan fingerprint density at radius 1 is 1.22 bits per heavy atom. The molecule has 0 bridgehead atoms. The SMILES string of the molecule is Cc1nc(C(=O)N2CCCC(c3cccc(-c4cccc(Cl)c4)n3)C2)co1. The molecule has 5 nitrogen and oxygen atoms in total. The molecule has 138 valence electrons. The summed E-state index contributed by atoms with van der Waals surface area (Å²) in [6, 6.07) is 13.7. The Kier molecular flexibility index (Phi) is 4.94. The molecule has 1 saturated heterocycles. The molecule has 1 aromatic carbocycles. The van der Waals surface area contributed by atoms with E-state index >= 15 is 0 Å². The fourth-order valence-corrected chi connectivity index (χ4v) is 3.70. The molecule has 1 aliphatic rings. The van der Waals surface area contributed by atoms with Gasteiger partial charge in [0.05, 0.1) is 5.69 Å². The van der Waals surface area contributed by atoms with Gasteiger partial charge in [0, 0.05) is 42.2 Å². The Labute approximate surface area is 163 Å². The molecule has 0 saturated carbocycles. The van der Waals surface area contributed by atoms with E-state index < -0.39 is 0 Å². The van der Waals surface area contributed by atoms with Crippen LogP contribution in [0.2, 0.25) is 5.02 Å². The Hall–Kier alpha value is -2.66. The van der Waals surface area contributed by atoms with Gasteiger partial charge in [-0.1, -0.05) is 29.8 Å². The highest BCUT2D eigenvalue weighted by Crippen LogP contribution is 2.29. The van der Waals surface area contributed by atoms with Gasteiger partial charge >= 0.3 is 0 Å². The second-order valence-electron chi connectivity index (χ2n) is 6.80. The molecule has 1 atom stereocenters. The molecule has 1 amide bonds. The van der Waals surface area contributed by atoms with Gasteiger partial charge in [0.15, 0.2) is 11.6 Å². The molecule has 1 fully saturated rings. The fourth-order valence-electron chi connectivity index (χ4n) is 3.51. The Morgan fingerprint density at radius 3 is 2.85 bits per heavy atom. The molecule has 4 rings (SSSR count). The number of carbonyl (C=O) groups excluding carboxylic acids is 1. The second-order valence-corrected chi connectivity index (χ2v) is 7.24. The highest BCUT2D eigenvalue weighted by Gasteiger charge is 2.27. The summed E-state index contributed by atoms with van der Waals surface area (Å²) >= 11 is 6.11. The third-order valence-electron chi connectivity index (χ3n) is 4.86. The van der Waals surface area contributed by atoms with E-state index in [1.807, 2.05) is 47.4 Å². The number of aromatic nitrogens is 2. The van der Waals surface area contributed by atoms with Crippen molar-refractivity contribution in [2.45, 2.75) is 25.7 Å². The minimum Gasteiger partial charge on any atom is -0.448 e. The minimum absolute atomic E-state index is 0.0810. The highest BCUT2D eigenvalue weighted by molar-refractivity contribution is 6.30. The zero-order valence-electron chi connectivity index (χ0n) is 15.1. The van der Waals surface area contributed by atoms with Crippen molar-refractivity contribution in [1.29, 1.82) is 0 Å². The van der Waals surface area contributed by atoms with Crippen LogP contribution in [-0.4, -0.2) is 33.9 Å². The van der Waals surface area contributed by atoms with E-state index in [2.05, 4.69) is 4.98 Å². The van der Waals surface area contributed by atoms with Gasteiger partial charge in [-0.15, -0.1) is 0 Å². The summed E-state index contributed by atoms with van der Waals surface area (Å²) in [6.07, 6.45) is 3.38. The zero-order chi connectivity index (χ0) is 18.8. The van der Waals surface area contributed by atoms with Crippen molar-refractivity contribution in [3.8, 4) is 11.3 Å². The Balaban J connectivity index is 1.55. The average molecular weight is 382 g/mol. The van der Waals surface area contributed by atoms with Gasteiger partial charge in [0.1, 0.15) is 6.26 Å². The van der Waals surface area contributed by atoms with Crippen LogP contribution in [0.1, 0.15) is 40.8 Å². The maximum absolute atomic E-state index is 12.7. The summed E-state index contributed by atoms with van der Waals surface area (Å²) in [7, 11) is 0. The van der Waals surface area contributed by atoms with Crippen molar-refractivity contribution >= 4 is 17.5 Å². The summed E-state index contributed by atoms with van der Waals surface area (Å²) in [6.45, 7) is 3.10. The number of hydrogen-bond acceptors (Lipinski definition) is 4. The minimum atomic E-state index is -0.0810. The predicted molar refractivity (Wildman–Crippen MR) is 104 cm³/mol. The number of halogens is 1. The zero-order valence-corrected chi connectivity index (χ0v) is 15.8. The van der Waals surface area contributed by atoms with Crippen LogP contribution in [0, 0.1) is 6.92 Å². The molecule has 27 heavy (non-hydrogen) atoms. The third kappa shape index (κ3) is 3.88. The smallest absolute Gasteiger partial charge is 0.275 e. The summed E-state index contributed by atoms with van der Waals surface area (Å²) in [5, 5.41) is 0.692. The van der Waals surface area contributed by atoms with Crippen molar-refractivity contribution in [3.63, 3.8) is 0 Å². The van der Waals surface area contributed by atoms with Crippen molar-refractivity contribution in [3.05, 3.63) is 71.0 Å². The van der Waals surface area contributed by atoms with Crippen LogP contribution >= 0.6 is 11.6 Å². The first kappa shape index (κ1) is 17.7. The first-order chi connectivity index (χ1) is 13.1. The molecule has 0 spiro atoms. The van der Waals surface area contributed by atoms with Crippen LogP contribution in [-0.2, 0) is 0 Å². The number of carbonyl (C=O) groups is 1. The number of aryl methyl sites for hydroxylation is 1. The quantitative estimate of drug-likeness (QED) is 0.658. The molecule has 3 aromatic rings. The van der Waals surface area contributed by atoms with E-state index in [0.717, 1.165) is 36.3 Å². The van der Waals surface area contributed by atoms with Gasteiger partial charge in [-0.2, -0.15) is 0 Å². The molecule has 0 aliphatic carbocycles. The number of likely N-dealkylation sites (tertiary alicyclic amines) is 1. The Bertz CT molecular complexity index is 969. The van der Waals surface area contributed by atoms with E-state index in [-0.39, 0.29) is 11.8 Å². The summed E-state index contributed by atoms with van der Waals surface area (Å²) < 4.78 is 5.18. The summed E-state index contributed by atoms with van der Waals surface area (Å²) in [5.41, 5.74) is 3.26. The van der Waals surface area contributed by atoms with Gasteiger partial charge in [0.2, 0.25) is 0 Å². The normalized spacial score (nSPS) is 17.1. The van der Waals surface area contributed by atoms with Crippen molar-refractivity contribution in [2.75, 3.05) is 13.1 Å². The number of rotatable bonds is 3. The second kappa shape index (κ2) is 7.53. The number of oxazole rings is 1. The van der Waals surface area contributed by atoms with E-state index in [4.69, 9.17) is 21.0 Å². The number of hydrogen-bond donors (Lipinski definition) is 0. The first-order valence-electron chi connectivity index (χ1n) is 9.04. The Morgan fingerprint density at radius 2 is 2.07 bits per heavy atom.